The lowest BCUT2D eigenvalue weighted by Crippen LogP contribution is -2.36. The van der Waals surface area contributed by atoms with E-state index in [0.29, 0.717) is 12.6 Å². The lowest BCUT2D eigenvalue weighted by molar-refractivity contribution is 0.670. The molecule has 0 radical (unpaired) electrons. The SMILES string of the molecule is Cc1nc(-c2ccccc2)cc(N2CCCC2CN)n1. The molecule has 1 fully saturated rings. The van der Waals surface area contributed by atoms with Crippen LogP contribution in [-0.2, 0) is 0 Å². The molecule has 20 heavy (non-hydrogen) atoms. The van der Waals surface area contributed by atoms with Crippen LogP contribution in [0.5, 0.6) is 0 Å². The highest BCUT2D eigenvalue weighted by Crippen LogP contribution is 2.27. The van der Waals surface area contributed by atoms with Gasteiger partial charge in [-0.2, -0.15) is 0 Å². The number of nitrogens with zero attached hydrogens (tertiary/aromatic N) is 3. The molecule has 1 aliphatic heterocycles. The maximum atomic E-state index is 5.86. The van der Waals surface area contributed by atoms with Crippen molar-refractivity contribution in [1.29, 1.82) is 0 Å². The maximum Gasteiger partial charge on any atom is 0.133 e. The van der Waals surface area contributed by atoms with Gasteiger partial charge >= 0.3 is 0 Å². The quantitative estimate of drug-likeness (QED) is 0.928. The van der Waals surface area contributed by atoms with Gasteiger partial charge in [0.1, 0.15) is 11.6 Å². The summed E-state index contributed by atoms with van der Waals surface area (Å²) >= 11 is 0. The Hall–Kier alpha value is -1.94. The van der Waals surface area contributed by atoms with Crippen LogP contribution < -0.4 is 10.6 Å². The monoisotopic (exact) mass is 268 g/mol. The molecule has 0 amide bonds. The van der Waals surface area contributed by atoms with Gasteiger partial charge in [0.15, 0.2) is 0 Å². The Morgan fingerprint density at radius 2 is 2.05 bits per heavy atom. The zero-order chi connectivity index (χ0) is 13.9. The molecule has 0 saturated carbocycles. The molecule has 1 atom stereocenters. The first-order valence-corrected chi connectivity index (χ1v) is 7.16. The van der Waals surface area contributed by atoms with Gasteiger partial charge in [0, 0.05) is 30.8 Å². The van der Waals surface area contributed by atoms with Crippen molar-refractivity contribution >= 4 is 5.82 Å². The molecule has 0 spiro atoms. The minimum atomic E-state index is 0.410. The molecule has 104 valence electrons. The lowest BCUT2D eigenvalue weighted by Gasteiger charge is -2.25. The zero-order valence-electron chi connectivity index (χ0n) is 11.8. The lowest BCUT2D eigenvalue weighted by atomic mass is 10.1. The van der Waals surface area contributed by atoms with Crippen molar-refractivity contribution in [3.05, 3.63) is 42.2 Å². The summed E-state index contributed by atoms with van der Waals surface area (Å²) in [5.41, 5.74) is 7.97. The van der Waals surface area contributed by atoms with E-state index in [1.165, 1.54) is 6.42 Å². The summed E-state index contributed by atoms with van der Waals surface area (Å²) in [4.78, 5) is 11.5. The summed E-state index contributed by atoms with van der Waals surface area (Å²) in [6, 6.07) is 12.7. The smallest absolute Gasteiger partial charge is 0.133 e. The molecular formula is C16H20N4. The average Bonchev–Trinajstić information content (AvgIpc) is 2.96. The first kappa shape index (κ1) is 13.1. The van der Waals surface area contributed by atoms with Crippen LogP contribution in [0.3, 0.4) is 0 Å². The van der Waals surface area contributed by atoms with Gasteiger partial charge in [0.2, 0.25) is 0 Å². The second-order valence-electron chi connectivity index (χ2n) is 5.25. The van der Waals surface area contributed by atoms with E-state index in [0.717, 1.165) is 35.9 Å². The van der Waals surface area contributed by atoms with E-state index in [-0.39, 0.29) is 0 Å². The predicted octanol–water partition coefficient (Wildman–Crippen LogP) is 2.38. The summed E-state index contributed by atoms with van der Waals surface area (Å²) < 4.78 is 0. The Labute approximate surface area is 119 Å². The van der Waals surface area contributed by atoms with E-state index >= 15 is 0 Å². The van der Waals surface area contributed by atoms with Crippen molar-refractivity contribution in [1.82, 2.24) is 9.97 Å². The number of benzene rings is 1. The number of hydrogen-bond acceptors (Lipinski definition) is 4. The second kappa shape index (κ2) is 5.59. The van der Waals surface area contributed by atoms with E-state index in [2.05, 4.69) is 33.1 Å². The largest absolute Gasteiger partial charge is 0.352 e. The first-order chi connectivity index (χ1) is 9.78. The maximum absolute atomic E-state index is 5.86. The van der Waals surface area contributed by atoms with Crippen molar-refractivity contribution in [2.24, 2.45) is 5.73 Å². The van der Waals surface area contributed by atoms with Gasteiger partial charge in [-0.25, -0.2) is 9.97 Å². The molecule has 1 aromatic carbocycles. The standard InChI is InChI=1S/C16H20N4/c1-12-18-15(13-6-3-2-4-7-13)10-16(19-12)20-9-5-8-14(20)11-17/h2-4,6-7,10,14H,5,8-9,11,17H2,1H3. The molecule has 3 rings (SSSR count). The molecule has 4 heteroatoms. The summed E-state index contributed by atoms with van der Waals surface area (Å²) in [6.45, 7) is 3.67. The third kappa shape index (κ3) is 2.51. The zero-order valence-corrected chi connectivity index (χ0v) is 11.8. The fourth-order valence-corrected chi connectivity index (χ4v) is 2.84. The molecule has 0 bridgehead atoms. The Kier molecular flexibility index (Phi) is 3.65. The summed E-state index contributed by atoms with van der Waals surface area (Å²) in [5, 5.41) is 0. The molecule has 0 aliphatic carbocycles. The molecular weight excluding hydrogens is 248 g/mol. The average molecular weight is 268 g/mol. The minimum absolute atomic E-state index is 0.410. The summed E-state index contributed by atoms with van der Waals surface area (Å²) in [7, 11) is 0. The van der Waals surface area contributed by atoms with Crippen molar-refractivity contribution in [3.8, 4) is 11.3 Å². The molecule has 2 aromatic rings. The van der Waals surface area contributed by atoms with E-state index in [1.54, 1.807) is 0 Å². The summed E-state index contributed by atoms with van der Waals surface area (Å²) in [6.07, 6.45) is 2.34. The van der Waals surface area contributed by atoms with Crippen LogP contribution in [-0.4, -0.2) is 29.1 Å². The normalized spacial score (nSPS) is 18.5. The van der Waals surface area contributed by atoms with Crippen LogP contribution in [0.4, 0.5) is 5.82 Å². The number of aromatic nitrogens is 2. The van der Waals surface area contributed by atoms with E-state index in [4.69, 9.17) is 5.73 Å². The molecule has 1 unspecified atom stereocenters. The van der Waals surface area contributed by atoms with Gasteiger partial charge in [0.25, 0.3) is 0 Å². The van der Waals surface area contributed by atoms with Crippen LogP contribution in [0.1, 0.15) is 18.7 Å². The number of nitrogens with two attached hydrogens (primary N) is 1. The van der Waals surface area contributed by atoms with E-state index < -0.39 is 0 Å². The van der Waals surface area contributed by atoms with Crippen molar-refractivity contribution in [2.75, 3.05) is 18.0 Å². The highest BCUT2D eigenvalue weighted by atomic mass is 15.2. The van der Waals surface area contributed by atoms with Crippen molar-refractivity contribution in [2.45, 2.75) is 25.8 Å². The van der Waals surface area contributed by atoms with Crippen LogP contribution in [0.25, 0.3) is 11.3 Å². The van der Waals surface area contributed by atoms with Gasteiger partial charge in [-0.1, -0.05) is 30.3 Å². The van der Waals surface area contributed by atoms with Gasteiger partial charge in [0.05, 0.1) is 5.69 Å². The molecule has 4 nitrogen and oxygen atoms in total. The molecule has 1 aromatic heterocycles. The number of rotatable bonds is 3. The minimum Gasteiger partial charge on any atom is -0.352 e. The highest BCUT2D eigenvalue weighted by molar-refractivity contribution is 5.63. The van der Waals surface area contributed by atoms with Crippen LogP contribution >= 0.6 is 0 Å². The van der Waals surface area contributed by atoms with Crippen LogP contribution in [0.2, 0.25) is 0 Å². The molecule has 1 aliphatic rings. The molecule has 1 saturated heterocycles. The third-order valence-electron chi connectivity index (χ3n) is 3.84. The van der Waals surface area contributed by atoms with Gasteiger partial charge in [-0.3, -0.25) is 0 Å². The number of hydrogen-bond donors (Lipinski definition) is 1. The fourth-order valence-electron chi connectivity index (χ4n) is 2.84. The second-order valence-corrected chi connectivity index (χ2v) is 5.25. The van der Waals surface area contributed by atoms with Crippen molar-refractivity contribution in [3.63, 3.8) is 0 Å². The van der Waals surface area contributed by atoms with Gasteiger partial charge in [-0.15, -0.1) is 0 Å². The molecule has 2 N–H and O–H groups in total. The van der Waals surface area contributed by atoms with Gasteiger partial charge < -0.3 is 10.6 Å². The fraction of sp³-hybridized carbons (Fsp3) is 0.375. The van der Waals surface area contributed by atoms with Crippen LogP contribution in [0.15, 0.2) is 36.4 Å². The van der Waals surface area contributed by atoms with Crippen molar-refractivity contribution < 1.29 is 0 Å². The number of anilines is 1. The van der Waals surface area contributed by atoms with Gasteiger partial charge in [-0.05, 0) is 19.8 Å². The Bertz CT molecular complexity index is 582. The van der Waals surface area contributed by atoms with Crippen LogP contribution in [0, 0.1) is 6.92 Å². The Morgan fingerprint density at radius 3 is 2.80 bits per heavy atom. The first-order valence-electron chi connectivity index (χ1n) is 7.16. The molecule has 2 heterocycles. The predicted molar refractivity (Wildman–Crippen MR) is 81.6 cm³/mol. The Morgan fingerprint density at radius 1 is 1.25 bits per heavy atom. The summed E-state index contributed by atoms with van der Waals surface area (Å²) in [5.74, 6) is 1.81. The number of aryl methyl sites for hydroxylation is 1. The van der Waals surface area contributed by atoms with E-state index in [9.17, 15) is 0 Å². The van der Waals surface area contributed by atoms with E-state index in [1.807, 2.05) is 25.1 Å². The Balaban J connectivity index is 1.99. The highest BCUT2D eigenvalue weighted by Gasteiger charge is 2.25. The topological polar surface area (TPSA) is 55.0 Å². The third-order valence-corrected chi connectivity index (χ3v) is 3.84.